The molecule has 0 spiro atoms. The van der Waals surface area contributed by atoms with Gasteiger partial charge in [0.25, 0.3) is 5.91 Å². The van der Waals surface area contributed by atoms with Gasteiger partial charge in [-0.15, -0.1) is 11.3 Å². The van der Waals surface area contributed by atoms with Gasteiger partial charge < -0.3 is 15.0 Å². The molecule has 152 valence electrons. The van der Waals surface area contributed by atoms with E-state index in [2.05, 4.69) is 10.6 Å². The van der Waals surface area contributed by atoms with Crippen LogP contribution >= 0.6 is 11.3 Å². The SMILES string of the molecule is CCN(CCOC)C(=O)c1csc(NC(=O)Nc2ccc(C(F)(F)F)cc2)c1. The van der Waals surface area contributed by atoms with Crippen molar-refractivity contribution in [3.05, 3.63) is 46.8 Å². The minimum Gasteiger partial charge on any atom is -0.383 e. The van der Waals surface area contributed by atoms with Crippen LogP contribution < -0.4 is 10.6 Å². The zero-order valence-corrected chi connectivity index (χ0v) is 16.1. The maximum Gasteiger partial charge on any atom is 0.416 e. The molecule has 2 aromatic rings. The number of amides is 3. The summed E-state index contributed by atoms with van der Waals surface area (Å²) >= 11 is 1.17. The van der Waals surface area contributed by atoms with E-state index in [9.17, 15) is 22.8 Å². The van der Waals surface area contributed by atoms with Crippen molar-refractivity contribution < 1.29 is 27.5 Å². The maximum atomic E-state index is 12.6. The first-order chi connectivity index (χ1) is 13.2. The third-order valence-electron chi connectivity index (χ3n) is 3.79. The van der Waals surface area contributed by atoms with E-state index in [-0.39, 0.29) is 11.6 Å². The van der Waals surface area contributed by atoms with Crippen molar-refractivity contribution in [3.63, 3.8) is 0 Å². The number of rotatable bonds is 7. The number of carbonyl (C=O) groups is 2. The smallest absolute Gasteiger partial charge is 0.383 e. The van der Waals surface area contributed by atoms with Crippen molar-refractivity contribution in [1.29, 1.82) is 0 Å². The highest BCUT2D eigenvalue weighted by atomic mass is 32.1. The summed E-state index contributed by atoms with van der Waals surface area (Å²) in [5, 5.41) is 7.08. The fourth-order valence-electron chi connectivity index (χ4n) is 2.32. The lowest BCUT2D eigenvalue weighted by molar-refractivity contribution is -0.137. The summed E-state index contributed by atoms with van der Waals surface area (Å²) in [7, 11) is 1.56. The highest BCUT2D eigenvalue weighted by Crippen LogP contribution is 2.30. The van der Waals surface area contributed by atoms with E-state index < -0.39 is 17.8 Å². The molecule has 2 N–H and O–H groups in total. The number of hydrogen-bond acceptors (Lipinski definition) is 4. The molecule has 6 nitrogen and oxygen atoms in total. The summed E-state index contributed by atoms with van der Waals surface area (Å²) in [4.78, 5) is 26.1. The highest BCUT2D eigenvalue weighted by molar-refractivity contribution is 7.14. The topological polar surface area (TPSA) is 70.7 Å². The summed E-state index contributed by atoms with van der Waals surface area (Å²) in [6, 6.07) is 5.04. The Balaban J connectivity index is 1.95. The molecule has 0 saturated carbocycles. The van der Waals surface area contributed by atoms with Crippen LogP contribution in [0.4, 0.5) is 28.7 Å². The van der Waals surface area contributed by atoms with Gasteiger partial charge in [-0.1, -0.05) is 0 Å². The van der Waals surface area contributed by atoms with E-state index in [0.29, 0.717) is 30.3 Å². The van der Waals surface area contributed by atoms with Gasteiger partial charge in [0.15, 0.2) is 0 Å². The zero-order chi connectivity index (χ0) is 20.7. The highest BCUT2D eigenvalue weighted by Gasteiger charge is 2.30. The Morgan fingerprint density at radius 3 is 2.43 bits per heavy atom. The molecule has 0 fully saturated rings. The number of methoxy groups -OCH3 is 1. The Morgan fingerprint density at radius 1 is 1.18 bits per heavy atom. The minimum absolute atomic E-state index is 0.174. The maximum absolute atomic E-state index is 12.6. The first-order valence-electron chi connectivity index (χ1n) is 8.36. The van der Waals surface area contributed by atoms with Gasteiger partial charge in [0.05, 0.1) is 22.7 Å². The molecule has 1 heterocycles. The van der Waals surface area contributed by atoms with E-state index in [1.54, 1.807) is 23.5 Å². The Morgan fingerprint density at radius 2 is 1.86 bits per heavy atom. The van der Waals surface area contributed by atoms with Crippen molar-refractivity contribution in [2.75, 3.05) is 37.4 Å². The number of nitrogens with zero attached hydrogens (tertiary/aromatic N) is 1. The normalized spacial score (nSPS) is 11.2. The van der Waals surface area contributed by atoms with Gasteiger partial charge in [-0.3, -0.25) is 10.1 Å². The molecule has 0 radical (unpaired) electrons. The second-order valence-electron chi connectivity index (χ2n) is 5.73. The van der Waals surface area contributed by atoms with Crippen LogP contribution in [0.1, 0.15) is 22.8 Å². The van der Waals surface area contributed by atoms with E-state index in [0.717, 1.165) is 12.1 Å². The standard InChI is InChI=1S/C18H20F3N3O3S/c1-3-24(8-9-27-2)16(25)12-10-15(28-11-12)23-17(26)22-14-6-4-13(5-7-14)18(19,20)21/h4-7,10-11H,3,8-9H2,1-2H3,(H2,22,23,26). The quantitative estimate of drug-likeness (QED) is 0.699. The molecule has 1 aromatic heterocycles. The van der Waals surface area contributed by atoms with Gasteiger partial charge in [0.2, 0.25) is 0 Å². The Kier molecular flexibility index (Phi) is 7.41. The van der Waals surface area contributed by atoms with E-state index in [1.165, 1.54) is 23.5 Å². The summed E-state index contributed by atoms with van der Waals surface area (Å²) in [6.07, 6.45) is -4.43. The molecule has 3 amide bonds. The van der Waals surface area contributed by atoms with Gasteiger partial charge >= 0.3 is 12.2 Å². The molecule has 0 aliphatic rings. The number of ether oxygens (including phenoxy) is 1. The molecular weight excluding hydrogens is 395 g/mol. The number of anilines is 2. The molecule has 0 saturated heterocycles. The number of benzene rings is 1. The molecule has 0 bridgehead atoms. The first-order valence-corrected chi connectivity index (χ1v) is 9.24. The number of carbonyl (C=O) groups excluding carboxylic acids is 2. The molecule has 2 rings (SSSR count). The summed E-state index contributed by atoms with van der Waals surface area (Å²) < 4.78 is 42.6. The third-order valence-corrected chi connectivity index (χ3v) is 4.63. The lowest BCUT2D eigenvalue weighted by atomic mass is 10.2. The first kappa shape index (κ1) is 21.7. The fourth-order valence-corrected chi connectivity index (χ4v) is 3.09. The van der Waals surface area contributed by atoms with Crippen molar-refractivity contribution in [1.82, 2.24) is 4.90 Å². The zero-order valence-electron chi connectivity index (χ0n) is 15.3. The molecule has 28 heavy (non-hydrogen) atoms. The lowest BCUT2D eigenvalue weighted by Gasteiger charge is -2.19. The van der Waals surface area contributed by atoms with Gasteiger partial charge in [0.1, 0.15) is 0 Å². The Labute approximate surface area is 164 Å². The van der Waals surface area contributed by atoms with Crippen LogP contribution in [0.2, 0.25) is 0 Å². The molecular formula is C18H20F3N3O3S. The predicted molar refractivity (Wildman–Crippen MR) is 102 cm³/mol. The molecule has 0 atom stereocenters. The Hall–Kier alpha value is -2.59. The Bertz CT molecular complexity index is 806. The largest absolute Gasteiger partial charge is 0.416 e. The van der Waals surface area contributed by atoms with Gasteiger partial charge in [-0.25, -0.2) is 4.79 Å². The van der Waals surface area contributed by atoms with E-state index in [4.69, 9.17) is 4.74 Å². The van der Waals surface area contributed by atoms with Gasteiger partial charge in [0, 0.05) is 31.3 Å². The third kappa shape index (κ3) is 5.96. The number of urea groups is 1. The minimum atomic E-state index is -4.43. The van der Waals surface area contributed by atoms with Crippen molar-refractivity contribution in [2.24, 2.45) is 0 Å². The van der Waals surface area contributed by atoms with Crippen molar-refractivity contribution in [2.45, 2.75) is 13.1 Å². The van der Waals surface area contributed by atoms with Crippen LogP contribution in [0.5, 0.6) is 0 Å². The van der Waals surface area contributed by atoms with Crippen molar-refractivity contribution in [3.8, 4) is 0 Å². The summed E-state index contributed by atoms with van der Waals surface area (Å²) in [5.74, 6) is -0.174. The van der Waals surface area contributed by atoms with E-state index >= 15 is 0 Å². The van der Waals surface area contributed by atoms with E-state index in [1.807, 2.05) is 6.92 Å². The average molecular weight is 415 g/mol. The van der Waals surface area contributed by atoms with Crippen LogP contribution in [0.3, 0.4) is 0 Å². The molecule has 0 aliphatic heterocycles. The second-order valence-corrected chi connectivity index (χ2v) is 6.64. The number of likely N-dealkylation sites (N-methyl/N-ethyl adjacent to an activating group) is 1. The van der Waals surface area contributed by atoms with Crippen molar-refractivity contribution >= 4 is 34.0 Å². The lowest BCUT2D eigenvalue weighted by Crippen LogP contribution is -2.33. The molecule has 0 unspecified atom stereocenters. The van der Waals surface area contributed by atoms with Crippen LogP contribution in [-0.2, 0) is 10.9 Å². The number of alkyl halides is 3. The number of hydrogen-bond donors (Lipinski definition) is 2. The molecule has 1 aromatic carbocycles. The second kappa shape index (κ2) is 9.56. The summed E-state index contributed by atoms with van der Waals surface area (Å²) in [5.41, 5.74) is -0.142. The summed E-state index contributed by atoms with van der Waals surface area (Å²) in [6.45, 7) is 3.26. The fraction of sp³-hybridized carbons (Fsp3) is 0.333. The molecule has 0 aliphatic carbocycles. The number of thiophene rings is 1. The molecule has 10 heteroatoms. The van der Waals surface area contributed by atoms with Gasteiger partial charge in [-0.05, 0) is 37.3 Å². The van der Waals surface area contributed by atoms with Crippen LogP contribution in [0.15, 0.2) is 35.7 Å². The monoisotopic (exact) mass is 415 g/mol. The number of halogens is 3. The van der Waals surface area contributed by atoms with Crippen LogP contribution in [-0.4, -0.2) is 43.6 Å². The van der Waals surface area contributed by atoms with Crippen LogP contribution in [0.25, 0.3) is 0 Å². The van der Waals surface area contributed by atoms with Crippen LogP contribution in [0, 0.1) is 0 Å². The predicted octanol–water partition coefficient (Wildman–Crippen LogP) is 4.52. The van der Waals surface area contributed by atoms with Gasteiger partial charge in [-0.2, -0.15) is 13.2 Å². The average Bonchev–Trinajstić information content (AvgIpc) is 3.10. The number of nitrogens with one attached hydrogen (secondary N) is 2.